The maximum atomic E-state index is 14.3. The molecule has 0 aliphatic heterocycles. The molecule has 0 aliphatic rings. The number of hydrogen-bond donors (Lipinski definition) is 1. The molecule has 0 radical (unpaired) electrons. The van der Waals surface area contributed by atoms with Crippen LogP contribution >= 0.6 is 23.1 Å². The summed E-state index contributed by atoms with van der Waals surface area (Å²) in [5, 5.41) is 9.68. The van der Waals surface area contributed by atoms with Gasteiger partial charge in [0.1, 0.15) is 10.7 Å². The van der Waals surface area contributed by atoms with Crippen molar-refractivity contribution in [2.75, 3.05) is 21.3 Å². The minimum Gasteiger partial charge on any atom is -0.493 e. The van der Waals surface area contributed by atoms with E-state index in [0.29, 0.717) is 22.2 Å². The van der Waals surface area contributed by atoms with E-state index in [4.69, 9.17) is 14.6 Å². The molecule has 2 heterocycles. The summed E-state index contributed by atoms with van der Waals surface area (Å²) in [7, 11) is 4.56. The van der Waals surface area contributed by atoms with E-state index in [-0.39, 0.29) is 12.1 Å². The zero-order valence-corrected chi connectivity index (χ0v) is 17.5. The van der Waals surface area contributed by atoms with Crippen molar-refractivity contribution in [2.45, 2.75) is 15.6 Å². The highest BCUT2D eigenvalue weighted by Crippen LogP contribution is 2.43. The number of carbonyl (C=O) groups is 1. The Labute approximate surface area is 175 Å². The Morgan fingerprint density at radius 1 is 1.28 bits per heavy atom. The van der Waals surface area contributed by atoms with Gasteiger partial charge in [0.2, 0.25) is 5.95 Å². The van der Waals surface area contributed by atoms with Crippen LogP contribution in [0.5, 0.6) is 11.5 Å². The van der Waals surface area contributed by atoms with Crippen LogP contribution in [0.4, 0.5) is 9.18 Å². The van der Waals surface area contributed by atoms with Gasteiger partial charge in [0, 0.05) is 18.1 Å². The van der Waals surface area contributed by atoms with Gasteiger partial charge in [-0.05, 0) is 30.3 Å². The van der Waals surface area contributed by atoms with Crippen LogP contribution < -0.4 is 9.47 Å². The second kappa shape index (κ2) is 9.10. The number of halogens is 1. The molecule has 0 atom stereocenters. The van der Waals surface area contributed by atoms with Crippen LogP contribution in [0, 0.1) is 5.95 Å². The van der Waals surface area contributed by atoms with Crippen molar-refractivity contribution >= 4 is 29.2 Å². The van der Waals surface area contributed by atoms with E-state index < -0.39 is 12.0 Å². The van der Waals surface area contributed by atoms with Crippen molar-refractivity contribution in [3.05, 3.63) is 47.5 Å². The number of hydrogen-bond acceptors (Lipinski definition) is 7. The van der Waals surface area contributed by atoms with Crippen LogP contribution in [0.2, 0.25) is 0 Å². The number of nitrogens with zero attached hydrogens (tertiary/aromatic N) is 3. The van der Waals surface area contributed by atoms with E-state index >= 15 is 0 Å². The molecule has 0 saturated carbocycles. The maximum Gasteiger partial charge on any atom is 0.407 e. The lowest BCUT2D eigenvalue weighted by Gasteiger charge is -2.09. The lowest BCUT2D eigenvalue weighted by Crippen LogP contribution is -2.23. The van der Waals surface area contributed by atoms with E-state index in [9.17, 15) is 9.18 Å². The smallest absolute Gasteiger partial charge is 0.407 e. The summed E-state index contributed by atoms with van der Waals surface area (Å²) in [6, 6.07) is 8.69. The third-order valence-electron chi connectivity index (χ3n) is 3.92. The molecule has 0 unspecified atom stereocenters. The highest BCUT2D eigenvalue weighted by Gasteiger charge is 2.20. The molecular formula is C19H18FN3O4S2. The molecule has 7 nitrogen and oxygen atoms in total. The highest BCUT2D eigenvalue weighted by molar-refractivity contribution is 8.01. The van der Waals surface area contributed by atoms with Crippen LogP contribution in [0.3, 0.4) is 0 Å². The third kappa shape index (κ3) is 4.77. The summed E-state index contributed by atoms with van der Waals surface area (Å²) >= 11 is 2.69. The number of ether oxygens (including phenoxy) is 2. The summed E-state index contributed by atoms with van der Waals surface area (Å²) in [6.07, 6.45) is 0.300. The van der Waals surface area contributed by atoms with Gasteiger partial charge in [-0.1, -0.05) is 11.8 Å². The first-order valence-electron chi connectivity index (χ1n) is 8.37. The van der Waals surface area contributed by atoms with E-state index in [2.05, 4.69) is 9.97 Å². The normalized spacial score (nSPS) is 10.6. The lowest BCUT2D eigenvalue weighted by atomic mass is 10.2. The second-order valence-corrected chi connectivity index (χ2v) is 8.27. The summed E-state index contributed by atoms with van der Waals surface area (Å²) in [4.78, 5) is 21.3. The van der Waals surface area contributed by atoms with Crippen molar-refractivity contribution < 1.29 is 23.8 Å². The molecule has 10 heteroatoms. The number of carboxylic acid groups (broad SMARTS) is 1. The molecular weight excluding hydrogens is 417 g/mol. The van der Waals surface area contributed by atoms with E-state index in [1.807, 2.05) is 12.1 Å². The molecule has 1 N–H and O–H groups in total. The standard InChI is InChI=1S/C19H18FN3O4S2/c1-23(19(24)25)10-15-22-16(12-5-4-8-21-17(12)20)18(29-15)28-11-6-7-13(26-2)14(9-11)27-3/h4-9H,10H2,1-3H3,(H,24,25). The molecule has 3 rings (SSSR count). The lowest BCUT2D eigenvalue weighted by molar-refractivity contribution is 0.153. The fourth-order valence-electron chi connectivity index (χ4n) is 2.48. The number of pyridine rings is 1. The van der Waals surface area contributed by atoms with E-state index in [0.717, 1.165) is 14.0 Å². The van der Waals surface area contributed by atoms with Crippen LogP contribution in [-0.2, 0) is 6.54 Å². The summed E-state index contributed by atoms with van der Waals surface area (Å²) < 4.78 is 25.6. The van der Waals surface area contributed by atoms with Gasteiger partial charge in [0.15, 0.2) is 11.5 Å². The summed E-state index contributed by atoms with van der Waals surface area (Å²) in [6.45, 7) is 0.0986. The van der Waals surface area contributed by atoms with Crippen LogP contribution in [-0.4, -0.2) is 47.3 Å². The Balaban J connectivity index is 2.01. The summed E-state index contributed by atoms with van der Waals surface area (Å²) in [5.74, 6) is 0.538. The fraction of sp³-hybridized carbons (Fsp3) is 0.211. The van der Waals surface area contributed by atoms with Gasteiger partial charge in [-0.25, -0.2) is 14.8 Å². The first kappa shape index (κ1) is 20.9. The Morgan fingerprint density at radius 3 is 2.69 bits per heavy atom. The number of aromatic nitrogens is 2. The number of thiazole rings is 1. The highest BCUT2D eigenvalue weighted by atomic mass is 32.2. The van der Waals surface area contributed by atoms with Crippen molar-refractivity contribution in [1.29, 1.82) is 0 Å². The molecule has 0 aliphatic carbocycles. The maximum absolute atomic E-state index is 14.3. The SMILES string of the molecule is COc1ccc(Sc2sc(CN(C)C(=O)O)nc2-c2cccnc2F)cc1OC. The number of amides is 1. The van der Waals surface area contributed by atoms with Crippen LogP contribution in [0.25, 0.3) is 11.3 Å². The van der Waals surface area contributed by atoms with Crippen molar-refractivity contribution in [3.8, 4) is 22.8 Å². The minimum absolute atomic E-state index is 0.0986. The minimum atomic E-state index is -1.07. The number of rotatable bonds is 7. The molecule has 0 saturated heterocycles. The molecule has 29 heavy (non-hydrogen) atoms. The molecule has 0 bridgehead atoms. The van der Waals surface area contributed by atoms with Gasteiger partial charge in [0.25, 0.3) is 0 Å². The monoisotopic (exact) mass is 435 g/mol. The fourth-order valence-corrected chi connectivity index (χ4v) is 4.85. The predicted octanol–water partition coefficient (Wildman–Crippen LogP) is 4.62. The molecule has 152 valence electrons. The Hall–Kier alpha value is -2.85. The first-order chi connectivity index (χ1) is 13.9. The van der Waals surface area contributed by atoms with Crippen LogP contribution in [0.15, 0.2) is 45.6 Å². The average Bonchev–Trinajstić information content (AvgIpc) is 3.09. The molecule has 3 aromatic rings. The average molecular weight is 436 g/mol. The molecule has 2 aromatic heterocycles. The van der Waals surface area contributed by atoms with Crippen LogP contribution in [0.1, 0.15) is 5.01 Å². The Morgan fingerprint density at radius 2 is 2.03 bits per heavy atom. The first-order valence-corrected chi connectivity index (χ1v) is 10.0. The van der Waals surface area contributed by atoms with Crippen molar-refractivity contribution in [2.24, 2.45) is 0 Å². The van der Waals surface area contributed by atoms with E-state index in [1.54, 1.807) is 32.4 Å². The molecule has 0 spiro atoms. The van der Waals surface area contributed by atoms with Crippen molar-refractivity contribution in [3.63, 3.8) is 0 Å². The summed E-state index contributed by atoms with van der Waals surface area (Å²) in [5.41, 5.74) is 0.685. The third-order valence-corrected chi connectivity index (χ3v) is 6.12. The predicted molar refractivity (Wildman–Crippen MR) is 108 cm³/mol. The van der Waals surface area contributed by atoms with Gasteiger partial charge in [0.05, 0.1) is 30.5 Å². The topological polar surface area (TPSA) is 84.8 Å². The zero-order chi connectivity index (χ0) is 21.0. The zero-order valence-electron chi connectivity index (χ0n) is 15.9. The molecule has 1 aromatic carbocycles. The van der Waals surface area contributed by atoms with Gasteiger partial charge in [-0.15, -0.1) is 11.3 Å². The Bertz CT molecular complexity index is 1030. The quantitative estimate of drug-likeness (QED) is 0.542. The second-order valence-electron chi connectivity index (χ2n) is 5.84. The largest absolute Gasteiger partial charge is 0.493 e. The molecule has 1 amide bonds. The van der Waals surface area contributed by atoms with Gasteiger partial charge in [-0.2, -0.15) is 4.39 Å². The number of benzene rings is 1. The van der Waals surface area contributed by atoms with E-state index in [1.165, 1.54) is 36.3 Å². The van der Waals surface area contributed by atoms with Gasteiger partial charge in [-0.3, -0.25) is 0 Å². The van der Waals surface area contributed by atoms with Crippen molar-refractivity contribution in [1.82, 2.24) is 14.9 Å². The van der Waals surface area contributed by atoms with Gasteiger partial charge >= 0.3 is 6.09 Å². The molecule has 0 fully saturated rings. The number of methoxy groups -OCH3 is 2. The van der Waals surface area contributed by atoms with Gasteiger partial charge < -0.3 is 19.5 Å². The Kier molecular flexibility index (Phi) is 6.55.